The lowest BCUT2D eigenvalue weighted by atomic mass is 10.1. The Morgan fingerprint density at radius 3 is 2.68 bits per heavy atom. The smallest absolute Gasteiger partial charge is 0.417 e. The van der Waals surface area contributed by atoms with Gasteiger partial charge in [-0.2, -0.15) is 0 Å². The second-order valence-electron chi connectivity index (χ2n) is 5.77. The number of hydrogen-bond donors (Lipinski definition) is 2. The predicted molar refractivity (Wildman–Crippen MR) is 102 cm³/mol. The quantitative estimate of drug-likeness (QED) is 0.452. The Labute approximate surface area is 157 Å². The summed E-state index contributed by atoms with van der Waals surface area (Å²) in [5.41, 5.74) is 1.62. The van der Waals surface area contributed by atoms with Crippen LogP contribution in [-0.2, 0) is 6.42 Å². The van der Waals surface area contributed by atoms with Crippen LogP contribution in [0.1, 0.15) is 37.3 Å². The van der Waals surface area contributed by atoms with E-state index in [-0.39, 0.29) is 16.5 Å². The minimum atomic E-state index is -0.714. The zero-order valence-corrected chi connectivity index (χ0v) is 15.7. The van der Waals surface area contributed by atoms with Crippen molar-refractivity contribution in [2.24, 2.45) is 0 Å². The van der Waals surface area contributed by atoms with Crippen LogP contribution in [0.2, 0.25) is 10.0 Å². The van der Waals surface area contributed by atoms with Crippen molar-refractivity contribution in [3.05, 3.63) is 51.5 Å². The fraction of sp³-hybridized carbons (Fsp3) is 0.316. The number of ether oxygens (including phenoxy) is 1. The maximum Gasteiger partial charge on any atom is 0.417 e. The van der Waals surface area contributed by atoms with Crippen molar-refractivity contribution in [2.45, 2.75) is 39.5 Å². The molecule has 4 nitrogen and oxygen atoms in total. The van der Waals surface area contributed by atoms with Gasteiger partial charge in [-0.25, -0.2) is 4.79 Å². The number of carbonyl (C=O) groups excluding carboxylic acids is 1. The van der Waals surface area contributed by atoms with E-state index < -0.39 is 6.09 Å². The van der Waals surface area contributed by atoms with E-state index in [2.05, 4.69) is 12.2 Å². The molecule has 0 unspecified atom stereocenters. The standard InChI is InChI=1S/C19H21Cl2NO3/c1-3-4-5-8-13-9-6-7-10-16(13)25-19(24)22-15-11-14(20)12(2)17(21)18(15)23/h6-7,9-11,23H,3-5,8H2,1-2H3,(H,22,24). The molecule has 2 rings (SSSR count). The number of phenolic OH excluding ortho intramolecular Hbond substituents is 1. The molecule has 0 fully saturated rings. The predicted octanol–water partition coefficient (Wildman–Crippen LogP) is 6.35. The van der Waals surface area contributed by atoms with Crippen LogP contribution in [0.4, 0.5) is 10.5 Å². The molecule has 2 N–H and O–H groups in total. The summed E-state index contributed by atoms with van der Waals surface area (Å²) in [7, 11) is 0. The van der Waals surface area contributed by atoms with Gasteiger partial charge < -0.3 is 9.84 Å². The number of carbonyl (C=O) groups is 1. The lowest BCUT2D eigenvalue weighted by Gasteiger charge is -2.13. The van der Waals surface area contributed by atoms with Crippen molar-refractivity contribution < 1.29 is 14.6 Å². The Morgan fingerprint density at radius 1 is 1.24 bits per heavy atom. The third-order valence-electron chi connectivity index (χ3n) is 3.88. The van der Waals surface area contributed by atoms with Crippen LogP contribution in [0.3, 0.4) is 0 Å². The average Bonchev–Trinajstić information content (AvgIpc) is 2.59. The molecular weight excluding hydrogens is 361 g/mol. The highest BCUT2D eigenvalue weighted by Crippen LogP contribution is 2.38. The van der Waals surface area contributed by atoms with Crippen LogP contribution in [0.25, 0.3) is 0 Å². The van der Waals surface area contributed by atoms with Crippen LogP contribution in [0.5, 0.6) is 11.5 Å². The normalized spacial score (nSPS) is 10.6. The largest absolute Gasteiger partial charge is 0.504 e. The SMILES string of the molecule is CCCCCc1ccccc1OC(=O)Nc1cc(Cl)c(C)c(Cl)c1O. The molecule has 25 heavy (non-hydrogen) atoms. The van der Waals surface area contributed by atoms with Gasteiger partial charge in [-0.3, -0.25) is 5.32 Å². The molecule has 0 heterocycles. The summed E-state index contributed by atoms with van der Waals surface area (Å²) in [5, 5.41) is 13.0. The van der Waals surface area contributed by atoms with Gasteiger partial charge in [0.05, 0.1) is 10.7 Å². The van der Waals surface area contributed by atoms with E-state index in [4.69, 9.17) is 27.9 Å². The minimum Gasteiger partial charge on any atom is -0.504 e. The molecule has 134 valence electrons. The van der Waals surface area contributed by atoms with Crippen LogP contribution in [0.15, 0.2) is 30.3 Å². The van der Waals surface area contributed by atoms with E-state index in [9.17, 15) is 9.90 Å². The highest BCUT2D eigenvalue weighted by molar-refractivity contribution is 6.37. The molecule has 2 aromatic rings. The second-order valence-corrected chi connectivity index (χ2v) is 6.56. The number of hydrogen-bond acceptors (Lipinski definition) is 3. The van der Waals surface area contributed by atoms with E-state index in [1.54, 1.807) is 13.0 Å². The van der Waals surface area contributed by atoms with Gasteiger partial charge in [-0.05, 0) is 43.0 Å². The topological polar surface area (TPSA) is 58.6 Å². The van der Waals surface area contributed by atoms with E-state index in [1.165, 1.54) is 6.07 Å². The Kier molecular flexibility index (Phi) is 6.97. The number of para-hydroxylation sites is 1. The van der Waals surface area contributed by atoms with Gasteiger partial charge in [-0.15, -0.1) is 0 Å². The number of amides is 1. The van der Waals surface area contributed by atoms with E-state index >= 15 is 0 Å². The van der Waals surface area contributed by atoms with Gasteiger partial charge in [0.25, 0.3) is 0 Å². The lowest BCUT2D eigenvalue weighted by molar-refractivity contribution is 0.214. The first kappa shape index (κ1) is 19.4. The number of halogens is 2. The van der Waals surface area contributed by atoms with Crippen LogP contribution in [-0.4, -0.2) is 11.2 Å². The molecule has 1 amide bonds. The van der Waals surface area contributed by atoms with Crippen molar-refractivity contribution in [1.29, 1.82) is 0 Å². The summed E-state index contributed by atoms with van der Waals surface area (Å²) >= 11 is 12.0. The first-order valence-electron chi connectivity index (χ1n) is 8.18. The highest BCUT2D eigenvalue weighted by atomic mass is 35.5. The average molecular weight is 382 g/mol. The summed E-state index contributed by atoms with van der Waals surface area (Å²) in [6, 6.07) is 8.85. The molecule has 0 aliphatic rings. The number of aromatic hydroxyl groups is 1. The van der Waals surface area contributed by atoms with Gasteiger partial charge in [-0.1, -0.05) is 61.2 Å². The van der Waals surface area contributed by atoms with Crippen molar-refractivity contribution in [2.75, 3.05) is 5.32 Å². The Balaban J connectivity index is 2.11. The van der Waals surface area contributed by atoms with Crippen molar-refractivity contribution in [3.63, 3.8) is 0 Å². The van der Waals surface area contributed by atoms with Gasteiger partial charge in [0.15, 0.2) is 5.75 Å². The van der Waals surface area contributed by atoms with E-state index in [0.717, 1.165) is 31.2 Å². The Morgan fingerprint density at radius 2 is 1.96 bits per heavy atom. The maximum absolute atomic E-state index is 12.2. The van der Waals surface area contributed by atoms with Gasteiger partial charge in [0.1, 0.15) is 5.75 Å². The number of unbranched alkanes of at least 4 members (excludes halogenated alkanes) is 2. The molecule has 2 aromatic carbocycles. The molecule has 0 bridgehead atoms. The van der Waals surface area contributed by atoms with Crippen molar-refractivity contribution in [1.82, 2.24) is 0 Å². The number of anilines is 1. The molecule has 0 saturated carbocycles. The molecular formula is C19H21Cl2NO3. The third-order valence-corrected chi connectivity index (χ3v) is 4.74. The summed E-state index contributed by atoms with van der Waals surface area (Å²) < 4.78 is 5.40. The first-order chi connectivity index (χ1) is 11.9. The number of rotatable bonds is 6. The molecule has 0 saturated heterocycles. The van der Waals surface area contributed by atoms with Gasteiger partial charge >= 0.3 is 6.09 Å². The Hall–Kier alpha value is -1.91. The van der Waals surface area contributed by atoms with Gasteiger partial charge in [0, 0.05) is 5.02 Å². The molecule has 0 atom stereocenters. The van der Waals surface area contributed by atoms with E-state index in [0.29, 0.717) is 16.3 Å². The Bertz CT molecular complexity index is 763. The molecule has 0 radical (unpaired) electrons. The number of nitrogens with one attached hydrogen (secondary N) is 1. The first-order valence-corrected chi connectivity index (χ1v) is 8.94. The monoisotopic (exact) mass is 381 g/mol. The molecule has 0 spiro atoms. The lowest BCUT2D eigenvalue weighted by Crippen LogP contribution is -2.17. The molecule has 0 aliphatic carbocycles. The summed E-state index contributed by atoms with van der Waals surface area (Å²) in [4.78, 5) is 12.2. The van der Waals surface area contributed by atoms with Crippen molar-refractivity contribution >= 4 is 35.0 Å². The highest BCUT2D eigenvalue weighted by Gasteiger charge is 2.16. The zero-order valence-electron chi connectivity index (χ0n) is 14.2. The summed E-state index contributed by atoms with van der Waals surface area (Å²) in [6.45, 7) is 3.82. The van der Waals surface area contributed by atoms with Crippen LogP contribution < -0.4 is 10.1 Å². The number of benzene rings is 2. The second kappa shape index (κ2) is 8.97. The molecule has 0 aliphatic heterocycles. The number of aryl methyl sites for hydroxylation is 1. The fourth-order valence-electron chi connectivity index (χ4n) is 2.41. The molecule has 0 aromatic heterocycles. The minimum absolute atomic E-state index is 0.0998. The summed E-state index contributed by atoms with van der Waals surface area (Å²) in [5.74, 6) is 0.261. The fourth-order valence-corrected chi connectivity index (χ4v) is 2.87. The van der Waals surface area contributed by atoms with Gasteiger partial charge in [0.2, 0.25) is 0 Å². The van der Waals surface area contributed by atoms with Crippen LogP contribution >= 0.6 is 23.2 Å². The van der Waals surface area contributed by atoms with Crippen molar-refractivity contribution in [3.8, 4) is 11.5 Å². The maximum atomic E-state index is 12.2. The third kappa shape index (κ3) is 5.03. The van der Waals surface area contributed by atoms with Crippen LogP contribution in [0, 0.1) is 6.92 Å². The summed E-state index contributed by atoms with van der Waals surface area (Å²) in [6.07, 6.45) is 3.40. The van der Waals surface area contributed by atoms with E-state index in [1.807, 2.05) is 18.2 Å². The molecule has 6 heteroatoms. The number of phenols is 1. The zero-order chi connectivity index (χ0) is 18.4.